The normalized spacial score (nSPS) is 19.8. The zero-order chi connectivity index (χ0) is 12.7. The molecule has 0 atom stereocenters. The average molecular weight is 258 g/mol. The number of hydrogen-bond acceptors (Lipinski definition) is 3. The molecule has 0 aromatic heterocycles. The van der Waals surface area contributed by atoms with Gasteiger partial charge in [-0.15, -0.1) is 0 Å². The highest BCUT2D eigenvalue weighted by atomic mass is 32.2. The number of nitrogens with one attached hydrogen (secondary N) is 1. The predicted molar refractivity (Wildman–Crippen MR) is 80.0 cm³/mol. The number of nitrogens with zero attached hydrogens (tertiary/aromatic N) is 1. The molecule has 1 aliphatic rings. The molecule has 102 valence electrons. The number of thioether (sulfide) groups is 1. The Labute approximate surface area is 112 Å². The maximum Gasteiger partial charge on any atom is 0.0125 e. The van der Waals surface area contributed by atoms with Gasteiger partial charge in [0.25, 0.3) is 0 Å². The predicted octanol–water partition coefficient (Wildman–Crippen LogP) is 2.98. The third-order valence-corrected chi connectivity index (χ3v) is 4.53. The van der Waals surface area contributed by atoms with E-state index in [1.807, 2.05) is 0 Å². The van der Waals surface area contributed by atoms with Crippen molar-refractivity contribution in [2.45, 2.75) is 58.5 Å². The summed E-state index contributed by atoms with van der Waals surface area (Å²) in [4.78, 5) is 2.61. The molecule has 0 bridgehead atoms. The fraction of sp³-hybridized carbons (Fsp3) is 1.00. The van der Waals surface area contributed by atoms with Crippen molar-refractivity contribution >= 4 is 11.8 Å². The van der Waals surface area contributed by atoms with Crippen LogP contribution in [0.1, 0.15) is 47.0 Å². The molecule has 0 aromatic carbocycles. The molecule has 17 heavy (non-hydrogen) atoms. The van der Waals surface area contributed by atoms with Gasteiger partial charge in [0, 0.05) is 24.7 Å². The van der Waals surface area contributed by atoms with Crippen molar-refractivity contribution in [2.24, 2.45) is 0 Å². The van der Waals surface area contributed by atoms with Crippen LogP contribution in [-0.4, -0.2) is 47.6 Å². The molecule has 0 radical (unpaired) electrons. The highest BCUT2D eigenvalue weighted by Gasteiger charge is 2.26. The Bertz CT molecular complexity index is 193. The molecule has 1 rings (SSSR count). The van der Waals surface area contributed by atoms with Crippen LogP contribution in [0.2, 0.25) is 0 Å². The van der Waals surface area contributed by atoms with Gasteiger partial charge in [0.1, 0.15) is 0 Å². The van der Waals surface area contributed by atoms with E-state index in [4.69, 9.17) is 0 Å². The lowest BCUT2D eigenvalue weighted by atomic mass is 9.98. The molecule has 3 heteroatoms. The summed E-state index contributed by atoms with van der Waals surface area (Å²) in [6.07, 6.45) is 3.95. The zero-order valence-corrected chi connectivity index (χ0v) is 12.9. The zero-order valence-electron chi connectivity index (χ0n) is 12.1. The number of rotatable bonds is 6. The van der Waals surface area contributed by atoms with E-state index >= 15 is 0 Å². The van der Waals surface area contributed by atoms with Crippen LogP contribution >= 0.6 is 11.8 Å². The molecule has 0 aromatic rings. The minimum Gasteiger partial charge on any atom is -0.314 e. The van der Waals surface area contributed by atoms with E-state index in [2.05, 4.69) is 49.7 Å². The molecule has 0 spiro atoms. The van der Waals surface area contributed by atoms with Gasteiger partial charge in [-0.25, -0.2) is 0 Å². The first-order chi connectivity index (χ1) is 8.04. The molecular weight excluding hydrogens is 228 g/mol. The molecular formula is C14H30N2S. The Balaban J connectivity index is 2.07. The summed E-state index contributed by atoms with van der Waals surface area (Å²) in [5.41, 5.74) is 0.350. The summed E-state index contributed by atoms with van der Waals surface area (Å²) in [5, 5.41) is 3.71. The van der Waals surface area contributed by atoms with Gasteiger partial charge < -0.3 is 5.32 Å². The minimum atomic E-state index is 0.350. The van der Waals surface area contributed by atoms with E-state index in [9.17, 15) is 0 Å². The fourth-order valence-corrected chi connectivity index (χ4v) is 3.02. The Hall–Kier alpha value is 0.270. The largest absolute Gasteiger partial charge is 0.314 e. The Morgan fingerprint density at radius 1 is 1.24 bits per heavy atom. The first-order valence-electron chi connectivity index (χ1n) is 7.10. The maximum absolute atomic E-state index is 3.71. The van der Waals surface area contributed by atoms with Crippen molar-refractivity contribution in [1.82, 2.24) is 10.2 Å². The molecule has 1 heterocycles. The van der Waals surface area contributed by atoms with E-state index in [1.165, 1.54) is 50.4 Å². The third-order valence-electron chi connectivity index (χ3n) is 3.55. The Morgan fingerprint density at radius 3 is 2.41 bits per heavy atom. The van der Waals surface area contributed by atoms with Crippen LogP contribution in [0.4, 0.5) is 0 Å². The van der Waals surface area contributed by atoms with Gasteiger partial charge in [0.2, 0.25) is 0 Å². The minimum absolute atomic E-state index is 0.350. The number of hydrogen-bond donors (Lipinski definition) is 1. The third kappa shape index (κ3) is 6.12. The first kappa shape index (κ1) is 15.3. The van der Waals surface area contributed by atoms with Gasteiger partial charge >= 0.3 is 0 Å². The van der Waals surface area contributed by atoms with Crippen molar-refractivity contribution in [3.8, 4) is 0 Å². The SMILES string of the molecule is CCSCCCNC1CCN(C(C)(C)C)CC1. The van der Waals surface area contributed by atoms with Crippen molar-refractivity contribution in [1.29, 1.82) is 0 Å². The van der Waals surface area contributed by atoms with Crippen LogP contribution in [0, 0.1) is 0 Å². The standard InChI is InChI=1S/C14H30N2S/c1-5-17-12-6-9-15-13-7-10-16(11-8-13)14(2,3)4/h13,15H,5-12H2,1-4H3. The van der Waals surface area contributed by atoms with Gasteiger partial charge in [0.05, 0.1) is 0 Å². The second-order valence-corrected chi connectivity index (χ2v) is 7.33. The van der Waals surface area contributed by atoms with E-state index < -0.39 is 0 Å². The molecule has 0 unspecified atom stereocenters. The van der Waals surface area contributed by atoms with Gasteiger partial charge in [0.15, 0.2) is 0 Å². The van der Waals surface area contributed by atoms with Crippen molar-refractivity contribution < 1.29 is 0 Å². The van der Waals surface area contributed by atoms with Crippen molar-refractivity contribution in [2.75, 3.05) is 31.1 Å². The highest BCUT2D eigenvalue weighted by Crippen LogP contribution is 2.19. The molecule has 2 nitrogen and oxygen atoms in total. The monoisotopic (exact) mass is 258 g/mol. The molecule has 1 N–H and O–H groups in total. The molecule has 1 fully saturated rings. The molecule has 1 aliphatic heterocycles. The first-order valence-corrected chi connectivity index (χ1v) is 8.25. The Kier molecular flexibility index (Phi) is 6.90. The van der Waals surface area contributed by atoms with Gasteiger partial charge in [-0.05, 0) is 58.1 Å². The lowest BCUT2D eigenvalue weighted by Gasteiger charge is -2.41. The molecule has 0 saturated carbocycles. The van der Waals surface area contributed by atoms with E-state index in [0.717, 1.165) is 6.04 Å². The maximum atomic E-state index is 3.71. The lowest BCUT2D eigenvalue weighted by molar-refractivity contribution is 0.0964. The molecule has 0 amide bonds. The highest BCUT2D eigenvalue weighted by molar-refractivity contribution is 7.99. The van der Waals surface area contributed by atoms with Crippen molar-refractivity contribution in [3.63, 3.8) is 0 Å². The fourth-order valence-electron chi connectivity index (χ4n) is 2.38. The quantitative estimate of drug-likeness (QED) is 0.737. The van der Waals surface area contributed by atoms with Gasteiger partial charge in [-0.3, -0.25) is 4.90 Å². The Morgan fingerprint density at radius 2 is 1.88 bits per heavy atom. The second kappa shape index (κ2) is 7.65. The van der Waals surface area contributed by atoms with E-state index in [0.29, 0.717) is 5.54 Å². The average Bonchev–Trinajstić information content (AvgIpc) is 2.28. The summed E-state index contributed by atoms with van der Waals surface area (Å²) in [5.74, 6) is 2.56. The van der Waals surface area contributed by atoms with Crippen LogP contribution in [-0.2, 0) is 0 Å². The van der Waals surface area contributed by atoms with Gasteiger partial charge in [-0.1, -0.05) is 6.92 Å². The van der Waals surface area contributed by atoms with E-state index in [1.54, 1.807) is 0 Å². The van der Waals surface area contributed by atoms with Crippen molar-refractivity contribution in [3.05, 3.63) is 0 Å². The number of piperidine rings is 1. The van der Waals surface area contributed by atoms with Crippen LogP contribution < -0.4 is 5.32 Å². The van der Waals surface area contributed by atoms with Crippen LogP contribution in [0.5, 0.6) is 0 Å². The summed E-state index contributed by atoms with van der Waals surface area (Å²) in [6, 6.07) is 0.764. The second-order valence-electron chi connectivity index (χ2n) is 5.94. The topological polar surface area (TPSA) is 15.3 Å². The van der Waals surface area contributed by atoms with Gasteiger partial charge in [-0.2, -0.15) is 11.8 Å². The summed E-state index contributed by atoms with van der Waals surface area (Å²) < 4.78 is 0. The van der Waals surface area contributed by atoms with Crippen LogP contribution in [0.3, 0.4) is 0 Å². The van der Waals surface area contributed by atoms with Crippen LogP contribution in [0.25, 0.3) is 0 Å². The number of likely N-dealkylation sites (tertiary alicyclic amines) is 1. The summed E-state index contributed by atoms with van der Waals surface area (Å²) in [6.45, 7) is 12.9. The summed E-state index contributed by atoms with van der Waals surface area (Å²) >= 11 is 2.05. The smallest absolute Gasteiger partial charge is 0.0125 e. The lowest BCUT2D eigenvalue weighted by Crippen LogP contribution is -2.50. The van der Waals surface area contributed by atoms with Crippen LogP contribution in [0.15, 0.2) is 0 Å². The summed E-state index contributed by atoms with van der Waals surface area (Å²) in [7, 11) is 0. The van der Waals surface area contributed by atoms with E-state index in [-0.39, 0.29) is 0 Å². The molecule has 0 aliphatic carbocycles. The molecule has 1 saturated heterocycles.